The van der Waals surface area contributed by atoms with Gasteiger partial charge in [0.15, 0.2) is 0 Å². The number of carboxylic acids is 1. The number of hydrogen-bond donors (Lipinski definition) is 1. The lowest BCUT2D eigenvalue weighted by Gasteiger charge is -2.31. The lowest BCUT2D eigenvalue weighted by molar-refractivity contribution is 0.0692. The van der Waals surface area contributed by atoms with Crippen molar-refractivity contribution in [2.24, 2.45) is 5.92 Å². The molecule has 17 heavy (non-hydrogen) atoms. The summed E-state index contributed by atoms with van der Waals surface area (Å²) in [5.74, 6) is -1.20. The summed E-state index contributed by atoms with van der Waals surface area (Å²) in [7, 11) is 1.91. The molecule has 1 aromatic carbocycles. The second-order valence-corrected chi connectivity index (χ2v) is 4.65. The van der Waals surface area contributed by atoms with Crippen LogP contribution in [-0.4, -0.2) is 24.7 Å². The highest BCUT2D eigenvalue weighted by atomic mass is 19.1. The van der Waals surface area contributed by atoms with Crippen molar-refractivity contribution in [3.8, 4) is 0 Å². The monoisotopic (exact) mass is 237 g/mol. The maximum atomic E-state index is 13.5. The van der Waals surface area contributed by atoms with Gasteiger partial charge in [-0.1, -0.05) is 6.42 Å². The minimum Gasteiger partial charge on any atom is -0.478 e. The van der Waals surface area contributed by atoms with Gasteiger partial charge in [-0.25, -0.2) is 9.18 Å². The van der Waals surface area contributed by atoms with E-state index in [2.05, 4.69) is 0 Å². The molecule has 0 aromatic heterocycles. The van der Waals surface area contributed by atoms with Crippen LogP contribution in [0, 0.1) is 11.7 Å². The Hall–Kier alpha value is -1.58. The summed E-state index contributed by atoms with van der Waals surface area (Å²) in [5, 5.41) is 8.73. The summed E-state index contributed by atoms with van der Waals surface area (Å²) < 4.78 is 13.5. The molecule has 1 fully saturated rings. The number of halogens is 1. The second kappa shape index (κ2) is 4.73. The van der Waals surface area contributed by atoms with Crippen molar-refractivity contribution < 1.29 is 14.3 Å². The average molecular weight is 237 g/mol. The first-order valence-corrected chi connectivity index (χ1v) is 5.82. The van der Waals surface area contributed by atoms with Gasteiger partial charge in [0.1, 0.15) is 5.82 Å². The lowest BCUT2D eigenvalue weighted by atomic mass is 9.85. The minimum absolute atomic E-state index is 0.272. The third-order valence-corrected chi connectivity index (χ3v) is 3.38. The highest BCUT2D eigenvalue weighted by Crippen LogP contribution is 2.28. The Labute approximate surface area is 99.9 Å². The van der Waals surface area contributed by atoms with Crippen LogP contribution in [0.5, 0.6) is 0 Å². The SMILES string of the molecule is CN(CC1CCC1)c1ccc(C(=O)O)c(F)c1. The Morgan fingerprint density at radius 1 is 1.53 bits per heavy atom. The number of nitrogens with zero attached hydrogens (tertiary/aromatic N) is 1. The van der Waals surface area contributed by atoms with Crippen molar-refractivity contribution in [3.05, 3.63) is 29.6 Å². The van der Waals surface area contributed by atoms with Crippen LogP contribution >= 0.6 is 0 Å². The van der Waals surface area contributed by atoms with Gasteiger partial charge < -0.3 is 10.0 Å². The number of anilines is 1. The van der Waals surface area contributed by atoms with Crippen LogP contribution in [-0.2, 0) is 0 Å². The van der Waals surface area contributed by atoms with Crippen molar-refractivity contribution in [2.45, 2.75) is 19.3 Å². The molecular formula is C13H16FNO2. The third-order valence-electron chi connectivity index (χ3n) is 3.38. The van der Waals surface area contributed by atoms with E-state index in [0.29, 0.717) is 5.92 Å². The predicted molar refractivity (Wildman–Crippen MR) is 64.0 cm³/mol. The molecule has 0 bridgehead atoms. The number of carboxylic acid groups (broad SMARTS) is 1. The molecule has 3 nitrogen and oxygen atoms in total. The zero-order valence-corrected chi connectivity index (χ0v) is 9.82. The molecule has 92 valence electrons. The van der Waals surface area contributed by atoms with Crippen molar-refractivity contribution in [1.29, 1.82) is 0 Å². The van der Waals surface area contributed by atoms with Gasteiger partial charge in [-0.15, -0.1) is 0 Å². The maximum Gasteiger partial charge on any atom is 0.338 e. The molecule has 0 spiro atoms. The van der Waals surface area contributed by atoms with Gasteiger partial charge in [-0.3, -0.25) is 0 Å². The minimum atomic E-state index is -1.23. The van der Waals surface area contributed by atoms with Crippen LogP contribution in [0.4, 0.5) is 10.1 Å². The van der Waals surface area contributed by atoms with Gasteiger partial charge in [0.05, 0.1) is 5.56 Å². The fourth-order valence-electron chi connectivity index (χ4n) is 2.08. The summed E-state index contributed by atoms with van der Waals surface area (Å²) in [6.07, 6.45) is 3.75. The molecule has 0 aliphatic heterocycles. The van der Waals surface area contributed by atoms with Gasteiger partial charge in [0.25, 0.3) is 0 Å². The Balaban J connectivity index is 2.10. The van der Waals surface area contributed by atoms with Crippen LogP contribution in [0.3, 0.4) is 0 Å². The Morgan fingerprint density at radius 3 is 2.71 bits per heavy atom. The van der Waals surface area contributed by atoms with Gasteiger partial charge in [0.2, 0.25) is 0 Å². The molecule has 0 atom stereocenters. The largest absolute Gasteiger partial charge is 0.478 e. The second-order valence-electron chi connectivity index (χ2n) is 4.65. The third kappa shape index (κ3) is 2.57. The van der Waals surface area contributed by atoms with Crippen LogP contribution in [0.1, 0.15) is 29.6 Å². The molecule has 0 heterocycles. The van der Waals surface area contributed by atoms with E-state index >= 15 is 0 Å². The van der Waals surface area contributed by atoms with E-state index < -0.39 is 11.8 Å². The topological polar surface area (TPSA) is 40.5 Å². The molecule has 1 aromatic rings. The maximum absolute atomic E-state index is 13.5. The summed E-state index contributed by atoms with van der Waals surface area (Å²) in [6, 6.07) is 4.28. The van der Waals surface area contributed by atoms with Gasteiger partial charge >= 0.3 is 5.97 Å². The number of aromatic carboxylic acids is 1. The number of benzene rings is 1. The van der Waals surface area contributed by atoms with Crippen molar-refractivity contribution in [3.63, 3.8) is 0 Å². The molecular weight excluding hydrogens is 221 g/mol. The summed E-state index contributed by atoms with van der Waals surface area (Å²) in [6.45, 7) is 0.909. The van der Waals surface area contributed by atoms with Crippen LogP contribution in [0.15, 0.2) is 18.2 Å². The highest BCUT2D eigenvalue weighted by molar-refractivity contribution is 5.88. The summed E-state index contributed by atoms with van der Waals surface area (Å²) >= 11 is 0. The molecule has 0 saturated heterocycles. The van der Waals surface area contributed by atoms with Gasteiger partial charge in [-0.05, 0) is 37.0 Å². The Morgan fingerprint density at radius 2 is 2.24 bits per heavy atom. The van der Waals surface area contributed by atoms with Crippen LogP contribution in [0.2, 0.25) is 0 Å². The van der Waals surface area contributed by atoms with Crippen molar-refractivity contribution in [1.82, 2.24) is 0 Å². The molecule has 2 rings (SSSR count). The molecule has 4 heteroatoms. The zero-order valence-electron chi connectivity index (χ0n) is 9.82. The predicted octanol–water partition coefficient (Wildman–Crippen LogP) is 2.76. The quantitative estimate of drug-likeness (QED) is 0.875. The molecule has 1 aliphatic rings. The van der Waals surface area contributed by atoms with Gasteiger partial charge in [0, 0.05) is 19.3 Å². The summed E-state index contributed by atoms with van der Waals surface area (Å²) in [4.78, 5) is 12.7. The van der Waals surface area contributed by atoms with Gasteiger partial charge in [-0.2, -0.15) is 0 Å². The Bertz CT molecular complexity index is 429. The number of hydrogen-bond acceptors (Lipinski definition) is 2. The number of carbonyl (C=O) groups is 1. The first-order valence-electron chi connectivity index (χ1n) is 5.82. The molecule has 0 amide bonds. The van der Waals surface area contributed by atoms with Crippen LogP contribution < -0.4 is 4.90 Å². The van der Waals surface area contributed by atoms with Crippen molar-refractivity contribution >= 4 is 11.7 Å². The lowest BCUT2D eigenvalue weighted by Crippen LogP contribution is -2.29. The fourth-order valence-corrected chi connectivity index (χ4v) is 2.08. The molecule has 0 unspecified atom stereocenters. The van der Waals surface area contributed by atoms with Crippen molar-refractivity contribution in [2.75, 3.05) is 18.5 Å². The average Bonchev–Trinajstić information content (AvgIpc) is 2.22. The van der Waals surface area contributed by atoms with Crippen LogP contribution in [0.25, 0.3) is 0 Å². The molecule has 1 aliphatic carbocycles. The first-order chi connectivity index (χ1) is 8.08. The van der Waals surface area contributed by atoms with E-state index in [1.807, 2.05) is 11.9 Å². The van der Waals surface area contributed by atoms with E-state index in [0.717, 1.165) is 12.2 Å². The number of rotatable bonds is 4. The fraction of sp³-hybridized carbons (Fsp3) is 0.462. The normalized spacial score (nSPS) is 15.4. The van der Waals surface area contributed by atoms with E-state index in [1.54, 1.807) is 6.07 Å². The highest BCUT2D eigenvalue weighted by Gasteiger charge is 2.20. The molecule has 1 N–H and O–H groups in total. The van der Waals surface area contributed by atoms with E-state index in [9.17, 15) is 9.18 Å². The van der Waals surface area contributed by atoms with E-state index in [1.165, 1.54) is 31.4 Å². The molecule has 1 saturated carbocycles. The zero-order chi connectivity index (χ0) is 12.4. The Kier molecular flexibility index (Phi) is 3.31. The van der Waals surface area contributed by atoms with E-state index in [-0.39, 0.29) is 5.56 Å². The first kappa shape index (κ1) is 11.9. The molecule has 0 radical (unpaired) electrons. The standard InChI is InChI=1S/C13H16FNO2/c1-15(8-9-3-2-4-9)10-5-6-11(13(16)17)12(14)7-10/h5-7,9H,2-4,8H2,1H3,(H,16,17). The smallest absolute Gasteiger partial charge is 0.338 e. The van der Waals surface area contributed by atoms with E-state index in [4.69, 9.17) is 5.11 Å². The summed E-state index contributed by atoms with van der Waals surface area (Å²) in [5.41, 5.74) is 0.463.